The van der Waals surface area contributed by atoms with Gasteiger partial charge in [0.2, 0.25) is 0 Å². The monoisotopic (exact) mass is 493 g/mol. The van der Waals surface area contributed by atoms with Crippen LogP contribution in [0.5, 0.6) is 11.5 Å². The van der Waals surface area contributed by atoms with E-state index in [9.17, 15) is 0 Å². The summed E-state index contributed by atoms with van der Waals surface area (Å²) in [5.74, 6) is 2.48. The standard InChI is InChI=1S/C22H27N3O2.HI/c1-23-21(25-16-22(10-11-22)18-6-3-2-4-7-18)24-15-17-8-9-19-20(14-17)27-13-5-12-26-19;/h2-4,6-9,14H,5,10-13,15-16H2,1H3,(H2,23,24,25);1H. The fourth-order valence-corrected chi connectivity index (χ4v) is 3.49. The van der Waals surface area contributed by atoms with Crippen LogP contribution in [0.4, 0.5) is 0 Å². The molecule has 2 aromatic carbocycles. The fraction of sp³-hybridized carbons (Fsp3) is 0.409. The summed E-state index contributed by atoms with van der Waals surface area (Å²) in [5, 5.41) is 6.90. The number of fused-ring (bicyclic) bond motifs is 1. The Balaban J connectivity index is 0.00000225. The normalized spacial score (nSPS) is 17.1. The van der Waals surface area contributed by atoms with E-state index in [4.69, 9.17) is 9.47 Å². The zero-order valence-electron chi connectivity index (χ0n) is 16.2. The van der Waals surface area contributed by atoms with Gasteiger partial charge in [0.15, 0.2) is 17.5 Å². The Bertz CT molecular complexity index is 807. The average Bonchev–Trinajstić information content (AvgIpc) is 3.53. The molecule has 6 heteroatoms. The van der Waals surface area contributed by atoms with E-state index >= 15 is 0 Å². The molecular formula is C22H28IN3O2. The Morgan fingerprint density at radius 1 is 1.00 bits per heavy atom. The molecule has 0 amide bonds. The molecule has 0 bridgehead atoms. The summed E-state index contributed by atoms with van der Waals surface area (Å²) < 4.78 is 11.5. The zero-order chi connectivity index (χ0) is 18.5. The van der Waals surface area contributed by atoms with Gasteiger partial charge in [-0.05, 0) is 36.1 Å². The zero-order valence-corrected chi connectivity index (χ0v) is 18.6. The van der Waals surface area contributed by atoms with Crippen LogP contribution in [0.15, 0.2) is 53.5 Å². The van der Waals surface area contributed by atoms with Crippen molar-refractivity contribution in [3.05, 3.63) is 59.7 Å². The molecule has 1 saturated carbocycles. The minimum atomic E-state index is 0. The maximum atomic E-state index is 5.77. The van der Waals surface area contributed by atoms with Crippen LogP contribution in [0.2, 0.25) is 0 Å². The van der Waals surface area contributed by atoms with Crippen molar-refractivity contribution in [2.24, 2.45) is 4.99 Å². The highest BCUT2D eigenvalue weighted by Gasteiger charge is 2.43. The van der Waals surface area contributed by atoms with Crippen LogP contribution >= 0.6 is 24.0 Å². The van der Waals surface area contributed by atoms with E-state index in [0.29, 0.717) is 19.8 Å². The predicted molar refractivity (Wildman–Crippen MR) is 123 cm³/mol. The highest BCUT2D eigenvalue weighted by molar-refractivity contribution is 14.0. The summed E-state index contributed by atoms with van der Waals surface area (Å²) in [4.78, 5) is 4.37. The molecule has 0 aromatic heterocycles. The van der Waals surface area contributed by atoms with E-state index < -0.39 is 0 Å². The topological polar surface area (TPSA) is 54.9 Å². The fourth-order valence-electron chi connectivity index (χ4n) is 3.49. The molecule has 0 atom stereocenters. The van der Waals surface area contributed by atoms with Gasteiger partial charge < -0.3 is 20.1 Å². The molecule has 1 fully saturated rings. The third-order valence-electron chi connectivity index (χ3n) is 5.33. The number of hydrogen-bond acceptors (Lipinski definition) is 3. The van der Waals surface area contributed by atoms with Crippen molar-refractivity contribution < 1.29 is 9.47 Å². The lowest BCUT2D eigenvalue weighted by Gasteiger charge is -2.19. The van der Waals surface area contributed by atoms with Crippen LogP contribution in [-0.2, 0) is 12.0 Å². The van der Waals surface area contributed by atoms with Gasteiger partial charge in [0, 0.05) is 32.0 Å². The van der Waals surface area contributed by atoms with Gasteiger partial charge in [-0.2, -0.15) is 0 Å². The molecule has 0 radical (unpaired) electrons. The number of rotatable bonds is 5. The van der Waals surface area contributed by atoms with Crippen molar-refractivity contribution in [3.8, 4) is 11.5 Å². The first-order chi connectivity index (χ1) is 13.3. The molecule has 1 heterocycles. The molecule has 150 valence electrons. The Morgan fingerprint density at radius 3 is 2.46 bits per heavy atom. The molecule has 2 aliphatic rings. The summed E-state index contributed by atoms with van der Waals surface area (Å²) in [6, 6.07) is 16.9. The van der Waals surface area contributed by atoms with E-state index in [0.717, 1.165) is 36.0 Å². The van der Waals surface area contributed by atoms with Crippen molar-refractivity contribution >= 4 is 29.9 Å². The Morgan fingerprint density at radius 2 is 1.75 bits per heavy atom. The maximum Gasteiger partial charge on any atom is 0.191 e. The maximum absolute atomic E-state index is 5.77. The van der Waals surface area contributed by atoms with E-state index in [-0.39, 0.29) is 29.4 Å². The SMILES string of the molecule is CN=C(NCc1ccc2c(c1)OCCCO2)NCC1(c2ccccc2)CC1.I. The van der Waals surface area contributed by atoms with Crippen LogP contribution in [-0.4, -0.2) is 32.8 Å². The smallest absolute Gasteiger partial charge is 0.191 e. The second kappa shape index (κ2) is 9.49. The Hall–Kier alpha value is -1.96. The average molecular weight is 493 g/mol. The third-order valence-corrected chi connectivity index (χ3v) is 5.33. The summed E-state index contributed by atoms with van der Waals surface area (Å²) in [7, 11) is 1.81. The summed E-state index contributed by atoms with van der Waals surface area (Å²) >= 11 is 0. The number of aliphatic imine (C=N–C) groups is 1. The van der Waals surface area contributed by atoms with Crippen molar-refractivity contribution in [1.82, 2.24) is 10.6 Å². The van der Waals surface area contributed by atoms with Gasteiger partial charge in [-0.15, -0.1) is 24.0 Å². The van der Waals surface area contributed by atoms with Crippen LogP contribution in [0.25, 0.3) is 0 Å². The molecule has 0 unspecified atom stereocenters. The van der Waals surface area contributed by atoms with E-state index in [2.05, 4.69) is 52.0 Å². The van der Waals surface area contributed by atoms with Gasteiger partial charge in [-0.25, -0.2) is 0 Å². The van der Waals surface area contributed by atoms with E-state index in [1.165, 1.54) is 18.4 Å². The third kappa shape index (κ3) is 4.90. The number of benzene rings is 2. The summed E-state index contributed by atoms with van der Waals surface area (Å²) in [6.07, 6.45) is 3.37. The van der Waals surface area contributed by atoms with Crippen molar-refractivity contribution in [3.63, 3.8) is 0 Å². The van der Waals surface area contributed by atoms with Crippen molar-refractivity contribution in [2.75, 3.05) is 26.8 Å². The van der Waals surface area contributed by atoms with E-state index in [1.54, 1.807) is 0 Å². The molecule has 0 saturated heterocycles. The van der Waals surface area contributed by atoms with Gasteiger partial charge in [0.1, 0.15) is 0 Å². The lowest BCUT2D eigenvalue weighted by molar-refractivity contribution is 0.297. The second-order valence-electron chi connectivity index (χ2n) is 7.26. The first-order valence-electron chi connectivity index (χ1n) is 9.68. The quantitative estimate of drug-likeness (QED) is 0.378. The molecule has 2 N–H and O–H groups in total. The molecule has 5 nitrogen and oxygen atoms in total. The van der Waals surface area contributed by atoms with Crippen LogP contribution < -0.4 is 20.1 Å². The predicted octanol–water partition coefficient (Wildman–Crippen LogP) is 3.86. The first kappa shape index (κ1) is 20.8. The molecule has 2 aromatic rings. The minimum absolute atomic E-state index is 0. The van der Waals surface area contributed by atoms with Crippen LogP contribution in [0, 0.1) is 0 Å². The van der Waals surface area contributed by atoms with Gasteiger partial charge in [0.05, 0.1) is 13.2 Å². The number of guanidine groups is 1. The molecule has 1 aliphatic heterocycles. The lowest BCUT2D eigenvalue weighted by Crippen LogP contribution is -2.40. The number of halogens is 1. The van der Waals surface area contributed by atoms with Gasteiger partial charge in [-0.1, -0.05) is 36.4 Å². The largest absolute Gasteiger partial charge is 0.490 e. The van der Waals surface area contributed by atoms with Gasteiger partial charge >= 0.3 is 0 Å². The van der Waals surface area contributed by atoms with Crippen LogP contribution in [0.3, 0.4) is 0 Å². The lowest BCUT2D eigenvalue weighted by atomic mass is 9.96. The highest BCUT2D eigenvalue weighted by atomic mass is 127. The van der Waals surface area contributed by atoms with Gasteiger partial charge in [-0.3, -0.25) is 4.99 Å². The number of nitrogens with one attached hydrogen (secondary N) is 2. The minimum Gasteiger partial charge on any atom is -0.490 e. The summed E-state index contributed by atoms with van der Waals surface area (Å²) in [5.41, 5.74) is 2.82. The Kier molecular flexibility index (Phi) is 7.04. The van der Waals surface area contributed by atoms with Crippen LogP contribution in [0.1, 0.15) is 30.4 Å². The second-order valence-corrected chi connectivity index (χ2v) is 7.26. The van der Waals surface area contributed by atoms with Gasteiger partial charge in [0.25, 0.3) is 0 Å². The number of ether oxygens (including phenoxy) is 2. The summed E-state index contributed by atoms with van der Waals surface area (Å²) in [6.45, 7) is 3.01. The number of nitrogens with zero attached hydrogens (tertiary/aromatic N) is 1. The first-order valence-corrected chi connectivity index (χ1v) is 9.68. The molecule has 4 rings (SSSR count). The molecule has 28 heavy (non-hydrogen) atoms. The Labute approximate surface area is 183 Å². The molecule has 0 spiro atoms. The highest BCUT2D eigenvalue weighted by Crippen LogP contribution is 2.47. The number of hydrogen-bond donors (Lipinski definition) is 2. The molecular weight excluding hydrogens is 465 g/mol. The molecule has 1 aliphatic carbocycles. The van der Waals surface area contributed by atoms with Crippen molar-refractivity contribution in [2.45, 2.75) is 31.2 Å². The van der Waals surface area contributed by atoms with E-state index in [1.807, 2.05) is 19.2 Å². The van der Waals surface area contributed by atoms with Crippen molar-refractivity contribution in [1.29, 1.82) is 0 Å².